The maximum atomic E-state index is 13.1. The number of aliphatic hydroxyl groups excluding tert-OH is 2. The molecular formula is C29H51NO7. The first-order chi connectivity index (χ1) is 16.9. The molecule has 214 valence electrons. The van der Waals surface area contributed by atoms with Gasteiger partial charge in [-0.3, -0.25) is 14.4 Å². The Labute approximate surface area is 224 Å². The maximum Gasteiger partial charge on any atom is 0.167 e. The van der Waals surface area contributed by atoms with E-state index in [4.69, 9.17) is 0 Å². The van der Waals surface area contributed by atoms with Crippen molar-refractivity contribution in [1.82, 2.24) is 4.90 Å². The summed E-state index contributed by atoms with van der Waals surface area (Å²) in [6.07, 6.45) is 3.45. The summed E-state index contributed by atoms with van der Waals surface area (Å²) in [5.41, 5.74) is 2.13. The molecule has 1 aliphatic rings. The monoisotopic (exact) mass is 525 g/mol. The van der Waals surface area contributed by atoms with Crippen LogP contribution in [0, 0.1) is 23.2 Å². The first-order valence-electron chi connectivity index (χ1n) is 13.1. The number of rotatable bonds is 14. The molecule has 0 aromatic heterocycles. The van der Waals surface area contributed by atoms with Crippen molar-refractivity contribution in [3.8, 4) is 5.75 Å². The summed E-state index contributed by atoms with van der Waals surface area (Å²) < 4.78 is 0. The van der Waals surface area contributed by atoms with Gasteiger partial charge in [-0.05, 0) is 87.2 Å². The van der Waals surface area contributed by atoms with Gasteiger partial charge in [-0.2, -0.15) is 0 Å². The molecule has 0 heterocycles. The molecule has 5 N–H and O–H groups in total. The summed E-state index contributed by atoms with van der Waals surface area (Å²) in [5, 5.41) is 30.2. The number of aliphatic hydroxyl groups is 2. The minimum absolute atomic E-state index is 0. The van der Waals surface area contributed by atoms with Crippen molar-refractivity contribution >= 4 is 17.3 Å². The number of carbonyl (C=O) groups is 3. The Morgan fingerprint density at radius 2 is 1.84 bits per heavy atom. The highest BCUT2D eigenvalue weighted by molar-refractivity contribution is 6.02. The van der Waals surface area contributed by atoms with Crippen molar-refractivity contribution < 1.29 is 38.0 Å². The number of fused-ring (bicyclic) bond motifs is 1. The van der Waals surface area contributed by atoms with E-state index in [-0.39, 0.29) is 81.2 Å². The number of Topliss-reactive ketones (excluding diaryl/α,β-unsaturated/α-hetero) is 3. The number of hydrogen-bond donors (Lipinski definition) is 3. The number of nitrogens with zero attached hydrogens (tertiary/aromatic N) is 1. The molecule has 0 bridgehead atoms. The van der Waals surface area contributed by atoms with Crippen LogP contribution in [0.3, 0.4) is 0 Å². The third-order valence-corrected chi connectivity index (χ3v) is 7.10. The quantitative estimate of drug-likeness (QED) is 0.316. The molecule has 0 amide bonds. The standard InChI is InChI=1S/C29H45NO6.H2O.2H2/c1-29(2,3)17-22(33)16-26(35)24(18-32)21(10-12-31)13-19-14-23-20(7-6-11-30(4)5)8-9-25(34)28(23)27(36)15-19;;;/h8-9,19,21,24,31-32,34H,6-7,10-18H2,1-5H3;1H2;2*1H. The summed E-state index contributed by atoms with van der Waals surface area (Å²) >= 11 is 0. The predicted molar refractivity (Wildman–Crippen MR) is 148 cm³/mol. The van der Waals surface area contributed by atoms with Gasteiger partial charge in [-0.15, -0.1) is 0 Å². The van der Waals surface area contributed by atoms with Crippen LogP contribution in [-0.2, 0) is 22.4 Å². The maximum absolute atomic E-state index is 13.1. The fraction of sp³-hybridized carbons (Fsp3) is 0.690. The zero-order valence-electron chi connectivity index (χ0n) is 23.2. The Morgan fingerprint density at radius 3 is 2.41 bits per heavy atom. The first kappa shape index (κ1) is 32.9. The summed E-state index contributed by atoms with van der Waals surface area (Å²) in [4.78, 5) is 40.6. The van der Waals surface area contributed by atoms with Crippen molar-refractivity contribution in [2.24, 2.45) is 23.2 Å². The smallest absolute Gasteiger partial charge is 0.167 e. The fourth-order valence-electron chi connectivity index (χ4n) is 5.51. The lowest BCUT2D eigenvalue weighted by molar-refractivity contribution is -0.132. The van der Waals surface area contributed by atoms with Crippen LogP contribution in [0.2, 0.25) is 0 Å². The summed E-state index contributed by atoms with van der Waals surface area (Å²) in [6.45, 7) is 6.21. The number of phenolic OH excluding ortho intramolecular Hbond substituents is 1. The van der Waals surface area contributed by atoms with E-state index in [0.29, 0.717) is 24.8 Å². The Balaban J connectivity index is 0. The molecule has 1 aromatic rings. The van der Waals surface area contributed by atoms with Gasteiger partial charge >= 0.3 is 0 Å². The molecule has 3 unspecified atom stereocenters. The second-order valence-corrected chi connectivity index (χ2v) is 11.9. The summed E-state index contributed by atoms with van der Waals surface area (Å²) in [6, 6.07) is 3.50. The second-order valence-electron chi connectivity index (χ2n) is 11.9. The molecule has 0 fully saturated rings. The number of phenols is 1. The topological polar surface area (TPSA) is 147 Å². The van der Waals surface area contributed by atoms with Crippen molar-refractivity contribution in [2.75, 3.05) is 33.9 Å². The first-order valence-corrected chi connectivity index (χ1v) is 13.1. The molecule has 8 nitrogen and oxygen atoms in total. The number of benzene rings is 1. The second kappa shape index (κ2) is 14.7. The molecule has 2 rings (SSSR count). The summed E-state index contributed by atoms with van der Waals surface area (Å²) in [5.74, 6) is -1.68. The van der Waals surface area contributed by atoms with Crippen LogP contribution in [-0.4, -0.2) is 76.9 Å². The molecule has 8 heteroatoms. The minimum atomic E-state index is -0.749. The van der Waals surface area contributed by atoms with Gasteiger partial charge in [0.2, 0.25) is 0 Å². The Kier molecular flexibility index (Phi) is 13.1. The van der Waals surface area contributed by atoms with Crippen molar-refractivity contribution in [3.63, 3.8) is 0 Å². The molecule has 0 saturated heterocycles. The van der Waals surface area contributed by atoms with E-state index in [0.717, 1.165) is 30.5 Å². The fourth-order valence-corrected chi connectivity index (χ4v) is 5.51. The van der Waals surface area contributed by atoms with Crippen LogP contribution in [0.5, 0.6) is 5.75 Å². The highest BCUT2D eigenvalue weighted by Gasteiger charge is 2.35. The van der Waals surface area contributed by atoms with Gasteiger partial charge in [0, 0.05) is 28.2 Å². The summed E-state index contributed by atoms with van der Waals surface area (Å²) in [7, 11) is 4.03. The number of ketones is 3. The molecule has 1 aliphatic carbocycles. The van der Waals surface area contributed by atoms with Crippen LogP contribution in [0.4, 0.5) is 0 Å². The van der Waals surface area contributed by atoms with E-state index in [1.54, 1.807) is 6.07 Å². The molecule has 0 radical (unpaired) electrons. The van der Waals surface area contributed by atoms with Gasteiger partial charge in [0.25, 0.3) is 0 Å². The van der Waals surface area contributed by atoms with Crippen molar-refractivity contribution in [1.29, 1.82) is 0 Å². The molecule has 37 heavy (non-hydrogen) atoms. The van der Waals surface area contributed by atoms with E-state index >= 15 is 0 Å². The highest BCUT2D eigenvalue weighted by atomic mass is 16.3. The van der Waals surface area contributed by atoms with E-state index in [1.807, 2.05) is 40.9 Å². The Hall–Kier alpha value is -2.13. The van der Waals surface area contributed by atoms with Gasteiger partial charge in [0.05, 0.1) is 18.6 Å². The van der Waals surface area contributed by atoms with Crippen molar-refractivity contribution in [3.05, 3.63) is 28.8 Å². The Bertz CT molecular complexity index is 931. The van der Waals surface area contributed by atoms with Crippen LogP contribution < -0.4 is 0 Å². The third kappa shape index (κ3) is 9.93. The zero-order valence-corrected chi connectivity index (χ0v) is 23.2. The zero-order chi connectivity index (χ0) is 27.0. The van der Waals surface area contributed by atoms with Gasteiger partial charge in [0.15, 0.2) is 5.78 Å². The van der Waals surface area contributed by atoms with E-state index in [9.17, 15) is 29.7 Å². The molecule has 0 saturated carbocycles. The van der Waals surface area contributed by atoms with Gasteiger partial charge in [-0.25, -0.2) is 0 Å². The predicted octanol–water partition coefficient (Wildman–Crippen LogP) is 3.26. The lowest BCUT2D eigenvalue weighted by Crippen LogP contribution is -2.33. The van der Waals surface area contributed by atoms with Gasteiger partial charge < -0.3 is 25.7 Å². The lowest BCUT2D eigenvalue weighted by Gasteiger charge is -2.32. The number of aryl methyl sites for hydroxylation is 1. The lowest BCUT2D eigenvalue weighted by atomic mass is 9.72. The molecular weight excluding hydrogens is 474 g/mol. The molecule has 0 aliphatic heterocycles. The van der Waals surface area contributed by atoms with Crippen LogP contribution in [0.1, 0.15) is 83.6 Å². The highest BCUT2D eigenvalue weighted by Crippen LogP contribution is 2.38. The SMILES string of the molecule is CN(C)CCCc1ccc(O)c2c1CC(CC(CCO)C(CO)C(=O)CC(=O)CC(C)(C)C)CC2=O.O.[HH].[HH]. The molecule has 3 atom stereocenters. The average molecular weight is 526 g/mol. The van der Waals surface area contributed by atoms with E-state index in [1.165, 1.54) is 0 Å². The van der Waals surface area contributed by atoms with Crippen LogP contribution in [0.15, 0.2) is 12.1 Å². The number of aromatic hydroxyl groups is 1. The van der Waals surface area contributed by atoms with Crippen LogP contribution >= 0.6 is 0 Å². The molecule has 0 spiro atoms. The average Bonchev–Trinajstić information content (AvgIpc) is 2.74. The molecule has 1 aromatic carbocycles. The Morgan fingerprint density at radius 1 is 1.16 bits per heavy atom. The van der Waals surface area contributed by atoms with Crippen molar-refractivity contribution in [2.45, 2.75) is 72.1 Å². The van der Waals surface area contributed by atoms with Gasteiger partial charge in [-0.1, -0.05) is 26.8 Å². The van der Waals surface area contributed by atoms with Crippen LogP contribution in [0.25, 0.3) is 0 Å². The number of hydrogen-bond acceptors (Lipinski definition) is 7. The minimum Gasteiger partial charge on any atom is -0.507 e. The normalized spacial score (nSPS) is 17.2. The third-order valence-electron chi connectivity index (χ3n) is 7.10. The number of carbonyl (C=O) groups excluding carboxylic acids is 3. The van der Waals surface area contributed by atoms with E-state index < -0.39 is 5.92 Å². The largest absolute Gasteiger partial charge is 0.507 e. The van der Waals surface area contributed by atoms with E-state index in [2.05, 4.69) is 4.90 Å². The van der Waals surface area contributed by atoms with Gasteiger partial charge in [0.1, 0.15) is 17.3 Å².